The summed E-state index contributed by atoms with van der Waals surface area (Å²) in [5, 5.41) is 2.86. The first-order valence-electron chi connectivity index (χ1n) is 9.35. The van der Waals surface area contributed by atoms with Gasteiger partial charge in [-0.15, -0.1) is 0 Å². The van der Waals surface area contributed by atoms with Gasteiger partial charge in [-0.2, -0.15) is 0 Å². The highest BCUT2D eigenvalue weighted by atomic mass is 16.5. The van der Waals surface area contributed by atoms with Crippen LogP contribution in [0.4, 0.5) is 0 Å². The maximum absolute atomic E-state index is 12.9. The Morgan fingerprint density at radius 2 is 1.33 bits per heavy atom. The molecule has 0 spiro atoms. The van der Waals surface area contributed by atoms with Crippen LogP contribution in [0.25, 0.3) is 0 Å². The third kappa shape index (κ3) is 4.43. The fourth-order valence-electron chi connectivity index (χ4n) is 3.14. The number of hydrogen-bond donors (Lipinski definition) is 1. The number of carbonyl (C=O) groups is 2. The quantitative estimate of drug-likeness (QED) is 0.576. The van der Waals surface area contributed by atoms with Gasteiger partial charge in [-0.25, -0.2) is 0 Å². The summed E-state index contributed by atoms with van der Waals surface area (Å²) in [6.45, 7) is 0.226. The first-order valence-corrected chi connectivity index (χ1v) is 9.35. The van der Waals surface area contributed by atoms with Gasteiger partial charge < -0.3 is 19.5 Å². The first kappa shape index (κ1) is 20.9. The Morgan fingerprint density at radius 3 is 1.90 bits per heavy atom. The molecule has 154 valence electrons. The van der Waals surface area contributed by atoms with Gasteiger partial charge in [-0.1, -0.05) is 48.5 Å². The van der Waals surface area contributed by atoms with Crippen molar-refractivity contribution in [3.63, 3.8) is 0 Å². The van der Waals surface area contributed by atoms with Crippen LogP contribution in [0.1, 0.15) is 31.8 Å². The minimum Gasteiger partial charge on any atom is -0.493 e. The number of methoxy groups -OCH3 is 3. The second kappa shape index (κ2) is 9.60. The zero-order valence-electron chi connectivity index (χ0n) is 17.1. The molecule has 0 radical (unpaired) electrons. The minimum absolute atomic E-state index is 0.200. The van der Waals surface area contributed by atoms with Crippen molar-refractivity contribution in [2.75, 3.05) is 21.3 Å². The van der Waals surface area contributed by atoms with E-state index in [2.05, 4.69) is 5.32 Å². The topological polar surface area (TPSA) is 73.9 Å². The fraction of sp³-hybridized carbons (Fsp3) is 0.167. The molecule has 0 saturated heterocycles. The second-order valence-electron chi connectivity index (χ2n) is 6.46. The van der Waals surface area contributed by atoms with Gasteiger partial charge in [0.05, 0.1) is 26.9 Å². The van der Waals surface area contributed by atoms with E-state index in [9.17, 15) is 9.59 Å². The molecule has 6 nitrogen and oxygen atoms in total. The molecule has 0 saturated carbocycles. The van der Waals surface area contributed by atoms with Gasteiger partial charge in [0, 0.05) is 17.7 Å². The summed E-state index contributed by atoms with van der Waals surface area (Å²) < 4.78 is 16.0. The van der Waals surface area contributed by atoms with Crippen molar-refractivity contribution < 1.29 is 23.8 Å². The molecule has 3 aromatic rings. The van der Waals surface area contributed by atoms with Crippen LogP contribution in [0.2, 0.25) is 0 Å². The third-order valence-electron chi connectivity index (χ3n) is 4.63. The molecule has 0 unspecified atom stereocenters. The van der Waals surface area contributed by atoms with Crippen LogP contribution in [-0.2, 0) is 6.54 Å². The maximum atomic E-state index is 12.9. The number of benzene rings is 3. The van der Waals surface area contributed by atoms with E-state index >= 15 is 0 Å². The highest BCUT2D eigenvalue weighted by molar-refractivity contribution is 6.15. The number of nitrogens with one attached hydrogen (secondary N) is 1. The molecule has 0 aliphatic heterocycles. The summed E-state index contributed by atoms with van der Waals surface area (Å²) in [4.78, 5) is 25.7. The zero-order chi connectivity index (χ0) is 21.5. The SMILES string of the molecule is COc1cc(CNC(=O)c2ccccc2C(=O)c2ccccc2)cc(OC)c1OC. The highest BCUT2D eigenvalue weighted by Crippen LogP contribution is 2.38. The summed E-state index contributed by atoms with van der Waals surface area (Å²) in [6.07, 6.45) is 0. The average Bonchev–Trinajstić information content (AvgIpc) is 2.81. The molecular weight excluding hydrogens is 382 g/mol. The zero-order valence-corrected chi connectivity index (χ0v) is 17.1. The Labute approximate surface area is 175 Å². The summed E-state index contributed by atoms with van der Waals surface area (Å²) >= 11 is 0. The number of hydrogen-bond acceptors (Lipinski definition) is 5. The number of ketones is 1. The Kier molecular flexibility index (Phi) is 6.70. The predicted molar refractivity (Wildman–Crippen MR) is 114 cm³/mol. The van der Waals surface area contributed by atoms with E-state index in [1.165, 1.54) is 21.3 Å². The van der Waals surface area contributed by atoms with E-state index in [4.69, 9.17) is 14.2 Å². The second-order valence-corrected chi connectivity index (χ2v) is 6.46. The molecule has 6 heteroatoms. The van der Waals surface area contributed by atoms with E-state index in [1.54, 1.807) is 60.7 Å². The predicted octanol–water partition coefficient (Wildman–Crippen LogP) is 3.87. The molecule has 30 heavy (non-hydrogen) atoms. The minimum atomic E-state index is -0.344. The van der Waals surface area contributed by atoms with Crippen LogP contribution in [-0.4, -0.2) is 33.0 Å². The van der Waals surface area contributed by atoms with E-state index in [0.29, 0.717) is 33.9 Å². The molecule has 1 amide bonds. The van der Waals surface area contributed by atoms with Crippen molar-refractivity contribution >= 4 is 11.7 Å². The van der Waals surface area contributed by atoms with Crippen LogP contribution in [0.15, 0.2) is 66.7 Å². The summed E-state index contributed by atoms with van der Waals surface area (Å²) in [5.41, 5.74) is 1.97. The van der Waals surface area contributed by atoms with Crippen LogP contribution in [0.5, 0.6) is 17.2 Å². The molecule has 0 aliphatic carbocycles. The maximum Gasteiger partial charge on any atom is 0.252 e. The monoisotopic (exact) mass is 405 g/mol. The van der Waals surface area contributed by atoms with Crippen molar-refractivity contribution in [2.45, 2.75) is 6.54 Å². The van der Waals surface area contributed by atoms with Crippen molar-refractivity contribution in [3.8, 4) is 17.2 Å². The lowest BCUT2D eigenvalue weighted by Crippen LogP contribution is -2.25. The van der Waals surface area contributed by atoms with Crippen molar-refractivity contribution in [3.05, 3.63) is 89.0 Å². The molecule has 3 aromatic carbocycles. The average molecular weight is 405 g/mol. The number of carbonyl (C=O) groups excluding carboxylic acids is 2. The van der Waals surface area contributed by atoms with Gasteiger partial charge in [0.2, 0.25) is 5.75 Å². The number of ether oxygens (including phenoxy) is 3. The lowest BCUT2D eigenvalue weighted by Gasteiger charge is -2.15. The standard InChI is InChI=1S/C24H23NO5/c1-28-20-13-16(14-21(29-2)23(20)30-3)15-25-24(27)19-12-8-7-11-18(19)22(26)17-9-5-4-6-10-17/h4-14H,15H2,1-3H3,(H,25,27). The van der Waals surface area contributed by atoms with Crippen LogP contribution in [0.3, 0.4) is 0 Å². The molecule has 3 rings (SSSR count). The van der Waals surface area contributed by atoms with Gasteiger partial charge in [-0.05, 0) is 23.8 Å². The molecular formula is C24H23NO5. The van der Waals surface area contributed by atoms with Gasteiger partial charge in [-0.3, -0.25) is 9.59 Å². The molecule has 0 heterocycles. The van der Waals surface area contributed by atoms with Gasteiger partial charge in [0.15, 0.2) is 17.3 Å². The molecule has 0 aliphatic rings. The Hall–Kier alpha value is -3.80. The molecule has 0 atom stereocenters. The smallest absolute Gasteiger partial charge is 0.252 e. The summed E-state index contributed by atoms with van der Waals surface area (Å²) in [6, 6.07) is 19.2. The molecule has 0 fully saturated rings. The number of amides is 1. The normalized spacial score (nSPS) is 10.2. The van der Waals surface area contributed by atoms with Crippen molar-refractivity contribution in [1.29, 1.82) is 0 Å². The lowest BCUT2D eigenvalue weighted by molar-refractivity contribution is 0.0939. The van der Waals surface area contributed by atoms with Crippen LogP contribution >= 0.6 is 0 Å². The van der Waals surface area contributed by atoms with Gasteiger partial charge in [0.25, 0.3) is 5.91 Å². The molecule has 0 aromatic heterocycles. The highest BCUT2D eigenvalue weighted by Gasteiger charge is 2.18. The fourth-order valence-corrected chi connectivity index (χ4v) is 3.14. The summed E-state index contributed by atoms with van der Waals surface area (Å²) in [7, 11) is 4.60. The Morgan fingerprint density at radius 1 is 0.767 bits per heavy atom. The van der Waals surface area contributed by atoms with E-state index < -0.39 is 0 Å². The Bertz CT molecular complexity index is 1020. The van der Waals surface area contributed by atoms with E-state index in [-0.39, 0.29) is 18.2 Å². The van der Waals surface area contributed by atoms with E-state index in [0.717, 1.165) is 5.56 Å². The number of rotatable bonds is 8. The summed E-state index contributed by atoms with van der Waals surface area (Å²) in [5.74, 6) is 0.938. The van der Waals surface area contributed by atoms with E-state index in [1.807, 2.05) is 6.07 Å². The third-order valence-corrected chi connectivity index (χ3v) is 4.63. The van der Waals surface area contributed by atoms with Gasteiger partial charge >= 0.3 is 0 Å². The lowest BCUT2D eigenvalue weighted by atomic mass is 9.98. The largest absolute Gasteiger partial charge is 0.493 e. The van der Waals surface area contributed by atoms with Crippen molar-refractivity contribution in [2.24, 2.45) is 0 Å². The Balaban J connectivity index is 1.82. The molecule has 0 bridgehead atoms. The van der Waals surface area contributed by atoms with Crippen molar-refractivity contribution in [1.82, 2.24) is 5.32 Å². The molecule has 1 N–H and O–H groups in total. The first-order chi connectivity index (χ1) is 14.6. The van der Waals surface area contributed by atoms with Crippen LogP contribution in [0, 0.1) is 0 Å². The van der Waals surface area contributed by atoms with Gasteiger partial charge in [0.1, 0.15) is 0 Å². The van der Waals surface area contributed by atoms with Crippen LogP contribution < -0.4 is 19.5 Å².